The molecule has 0 aliphatic carbocycles. The Morgan fingerprint density at radius 3 is 2.48 bits per heavy atom. The topological polar surface area (TPSA) is 68.4 Å². The summed E-state index contributed by atoms with van der Waals surface area (Å²) in [5.74, 6) is -0.0120. The highest BCUT2D eigenvalue weighted by Gasteiger charge is 2.35. The number of methoxy groups -OCH3 is 1. The van der Waals surface area contributed by atoms with Crippen molar-refractivity contribution in [3.05, 3.63) is 59.7 Å². The molecule has 6 nitrogen and oxygen atoms in total. The monoisotopic (exact) mass is 411 g/mol. The number of fused-ring (bicyclic) bond motifs is 9. The van der Waals surface area contributed by atoms with Crippen LogP contribution in [0.25, 0.3) is 43.6 Å². The van der Waals surface area contributed by atoms with Gasteiger partial charge in [0.2, 0.25) is 0 Å². The highest BCUT2D eigenvalue weighted by Crippen LogP contribution is 2.47. The van der Waals surface area contributed by atoms with E-state index in [9.17, 15) is 9.90 Å². The predicted octanol–water partition coefficient (Wildman–Crippen LogP) is 4.06. The summed E-state index contributed by atoms with van der Waals surface area (Å²) in [6, 6.07) is 16.5. The van der Waals surface area contributed by atoms with E-state index in [1.165, 1.54) is 0 Å². The Kier molecular flexibility index (Phi) is 3.28. The van der Waals surface area contributed by atoms with Crippen molar-refractivity contribution in [3.8, 4) is 0 Å². The molecule has 0 bridgehead atoms. The summed E-state index contributed by atoms with van der Waals surface area (Å²) in [5, 5.41) is 18.4. The highest BCUT2D eigenvalue weighted by atomic mass is 16.5. The number of aromatic nitrogens is 2. The van der Waals surface area contributed by atoms with E-state index in [-0.39, 0.29) is 5.91 Å². The van der Waals surface area contributed by atoms with Gasteiger partial charge in [0.25, 0.3) is 5.91 Å². The molecular formula is C25H21N3O3. The van der Waals surface area contributed by atoms with E-state index in [1.54, 1.807) is 7.11 Å². The summed E-state index contributed by atoms with van der Waals surface area (Å²) in [6.45, 7) is 1.16. The number of nitrogens with zero attached hydrogens (tertiary/aromatic N) is 2. The Balaban J connectivity index is 1.88. The standard InChI is InChI=1S/C25H21N3O3/c1-31-25-18(29)10-11-27-16-8-4-2-6-13(16)20-21-15(12-26-24(21)30)19-14-7-3-5-9-17(14)28(25)23(19)22(20)27/h2-9,18,25,29H,10-12H2,1H3,(H,26,30). The van der Waals surface area contributed by atoms with Gasteiger partial charge in [-0.1, -0.05) is 36.4 Å². The molecule has 2 atom stereocenters. The van der Waals surface area contributed by atoms with Crippen LogP contribution >= 0.6 is 0 Å². The molecule has 2 aromatic heterocycles. The molecule has 4 heterocycles. The average Bonchev–Trinajstić information content (AvgIpc) is 3.42. The average molecular weight is 411 g/mol. The first kappa shape index (κ1) is 17.3. The third kappa shape index (κ3) is 1.97. The second-order valence-corrected chi connectivity index (χ2v) is 8.52. The lowest BCUT2D eigenvalue weighted by molar-refractivity contribution is -0.0581. The molecule has 3 aromatic carbocycles. The van der Waals surface area contributed by atoms with Crippen LogP contribution in [0.4, 0.5) is 0 Å². The van der Waals surface area contributed by atoms with Crippen molar-refractivity contribution in [2.75, 3.05) is 7.11 Å². The number of amides is 1. The second-order valence-electron chi connectivity index (χ2n) is 8.52. The number of hydrogen-bond donors (Lipinski definition) is 2. The third-order valence-electron chi connectivity index (χ3n) is 7.09. The molecule has 5 aromatic rings. The molecule has 1 amide bonds. The number of aryl methyl sites for hydroxylation is 1. The zero-order chi connectivity index (χ0) is 20.9. The number of aliphatic hydroxyl groups excluding tert-OH is 1. The normalized spacial score (nSPS) is 20.6. The molecule has 2 N–H and O–H groups in total. The highest BCUT2D eigenvalue weighted by molar-refractivity contribution is 6.30. The van der Waals surface area contributed by atoms with E-state index in [0.29, 0.717) is 19.5 Å². The van der Waals surface area contributed by atoms with Crippen LogP contribution in [-0.2, 0) is 17.8 Å². The van der Waals surface area contributed by atoms with Gasteiger partial charge in [0.05, 0.1) is 22.1 Å². The largest absolute Gasteiger partial charge is 0.388 e. The van der Waals surface area contributed by atoms with Gasteiger partial charge < -0.3 is 24.3 Å². The first-order valence-corrected chi connectivity index (χ1v) is 10.7. The fourth-order valence-corrected chi connectivity index (χ4v) is 5.90. The van der Waals surface area contributed by atoms with Crippen LogP contribution in [0.2, 0.25) is 0 Å². The van der Waals surface area contributed by atoms with Crippen LogP contribution in [0.1, 0.15) is 28.6 Å². The molecule has 0 fully saturated rings. The number of rotatable bonds is 1. The Morgan fingerprint density at radius 2 is 1.71 bits per heavy atom. The second kappa shape index (κ2) is 5.87. The van der Waals surface area contributed by atoms with Crippen LogP contribution in [0, 0.1) is 0 Å². The van der Waals surface area contributed by atoms with Gasteiger partial charge >= 0.3 is 0 Å². The fraction of sp³-hybridized carbons (Fsp3) is 0.240. The number of nitrogens with one attached hydrogen (secondary N) is 1. The molecular weight excluding hydrogens is 390 g/mol. The summed E-state index contributed by atoms with van der Waals surface area (Å²) in [6.07, 6.45) is -0.593. The van der Waals surface area contributed by atoms with Crippen LogP contribution in [-0.4, -0.2) is 33.4 Å². The minimum absolute atomic E-state index is 0.0120. The Bertz CT molecular complexity index is 1580. The van der Waals surface area contributed by atoms with E-state index in [1.807, 2.05) is 24.3 Å². The van der Waals surface area contributed by atoms with E-state index < -0.39 is 12.3 Å². The van der Waals surface area contributed by atoms with E-state index >= 15 is 0 Å². The number of hydrogen-bond acceptors (Lipinski definition) is 3. The van der Waals surface area contributed by atoms with Crippen LogP contribution in [0.15, 0.2) is 48.5 Å². The Morgan fingerprint density at radius 1 is 1.00 bits per heavy atom. The molecule has 2 unspecified atom stereocenters. The quantitative estimate of drug-likeness (QED) is 0.437. The van der Waals surface area contributed by atoms with Crippen molar-refractivity contribution in [1.82, 2.24) is 14.5 Å². The van der Waals surface area contributed by atoms with Crippen LogP contribution in [0.3, 0.4) is 0 Å². The van der Waals surface area contributed by atoms with Gasteiger partial charge in [0.1, 0.15) is 6.10 Å². The molecule has 154 valence electrons. The van der Waals surface area contributed by atoms with E-state index in [4.69, 9.17) is 4.74 Å². The van der Waals surface area contributed by atoms with Gasteiger partial charge in [-0.25, -0.2) is 0 Å². The number of carbonyl (C=O) groups excluding carboxylic acids is 1. The van der Waals surface area contributed by atoms with Gasteiger partial charge in [-0.15, -0.1) is 0 Å². The van der Waals surface area contributed by atoms with Gasteiger partial charge in [-0.2, -0.15) is 0 Å². The molecule has 0 radical (unpaired) electrons. The molecule has 0 saturated heterocycles. The lowest BCUT2D eigenvalue weighted by Crippen LogP contribution is -2.28. The maximum atomic E-state index is 13.1. The van der Waals surface area contributed by atoms with Crippen molar-refractivity contribution in [2.45, 2.75) is 31.8 Å². The summed E-state index contributed by atoms with van der Waals surface area (Å²) in [7, 11) is 1.65. The maximum absolute atomic E-state index is 13.1. The minimum atomic E-state index is -0.652. The lowest BCUT2D eigenvalue weighted by Gasteiger charge is -2.28. The van der Waals surface area contributed by atoms with Crippen molar-refractivity contribution in [3.63, 3.8) is 0 Å². The Labute approximate surface area is 177 Å². The van der Waals surface area contributed by atoms with Gasteiger partial charge in [0, 0.05) is 47.3 Å². The lowest BCUT2D eigenvalue weighted by atomic mass is 9.97. The molecule has 6 heteroatoms. The molecule has 2 aliphatic rings. The third-order valence-corrected chi connectivity index (χ3v) is 7.09. The molecule has 7 rings (SSSR count). The van der Waals surface area contributed by atoms with Gasteiger partial charge in [-0.05, 0) is 24.1 Å². The van der Waals surface area contributed by atoms with Gasteiger partial charge in [0.15, 0.2) is 6.23 Å². The first-order chi connectivity index (χ1) is 15.2. The number of benzene rings is 3. The molecule has 0 saturated carbocycles. The van der Waals surface area contributed by atoms with Gasteiger partial charge in [-0.3, -0.25) is 4.79 Å². The van der Waals surface area contributed by atoms with Crippen LogP contribution in [0.5, 0.6) is 0 Å². The maximum Gasteiger partial charge on any atom is 0.252 e. The first-order valence-electron chi connectivity index (χ1n) is 10.7. The molecule has 2 aliphatic heterocycles. The summed E-state index contributed by atoms with van der Waals surface area (Å²) < 4.78 is 10.3. The van der Waals surface area contributed by atoms with Crippen molar-refractivity contribution in [2.24, 2.45) is 0 Å². The number of para-hydroxylation sites is 2. The van der Waals surface area contributed by atoms with Crippen molar-refractivity contribution < 1.29 is 14.6 Å². The Hall–Kier alpha value is -3.35. The fourth-order valence-electron chi connectivity index (χ4n) is 5.90. The molecule has 31 heavy (non-hydrogen) atoms. The number of carbonyl (C=O) groups is 1. The van der Waals surface area contributed by atoms with E-state index in [0.717, 1.165) is 54.7 Å². The SMILES string of the molecule is COC1C(O)CCn2c3ccccc3c3c4c(c5c6ccccc6n1c5c32)CNC4=O. The number of aliphatic hydroxyl groups is 1. The smallest absolute Gasteiger partial charge is 0.252 e. The summed E-state index contributed by atoms with van der Waals surface area (Å²) in [5.41, 5.74) is 6.01. The van der Waals surface area contributed by atoms with E-state index in [2.05, 4.69) is 38.7 Å². The summed E-state index contributed by atoms with van der Waals surface area (Å²) in [4.78, 5) is 13.1. The number of ether oxygens (including phenoxy) is 1. The zero-order valence-corrected chi connectivity index (χ0v) is 17.1. The van der Waals surface area contributed by atoms with Crippen molar-refractivity contribution >= 4 is 49.5 Å². The van der Waals surface area contributed by atoms with Crippen molar-refractivity contribution in [1.29, 1.82) is 0 Å². The predicted molar refractivity (Wildman–Crippen MR) is 120 cm³/mol. The summed E-state index contributed by atoms with van der Waals surface area (Å²) >= 11 is 0. The molecule has 0 spiro atoms. The zero-order valence-electron chi connectivity index (χ0n) is 17.1. The minimum Gasteiger partial charge on any atom is -0.388 e. The van der Waals surface area contributed by atoms with Crippen LogP contribution < -0.4 is 5.32 Å².